The molecule has 1 aliphatic heterocycles. The molecular formula is C25H28Cl3N5. The van der Waals surface area contributed by atoms with Crippen LogP contribution in [0.2, 0.25) is 0 Å². The van der Waals surface area contributed by atoms with E-state index in [1.165, 1.54) is 5.56 Å². The van der Waals surface area contributed by atoms with E-state index in [1.54, 1.807) is 0 Å². The summed E-state index contributed by atoms with van der Waals surface area (Å²) in [5.41, 5.74) is 4.14. The number of alkyl halides is 3. The van der Waals surface area contributed by atoms with Crippen LogP contribution in [0.3, 0.4) is 0 Å². The Hall–Kier alpha value is -1.92. The normalized spacial score (nSPS) is 15.5. The highest BCUT2D eigenvalue weighted by atomic mass is 35.6. The van der Waals surface area contributed by atoms with Gasteiger partial charge in [-0.1, -0.05) is 95.8 Å². The van der Waals surface area contributed by atoms with Gasteiger partial charge >= 0.3 is 0 Å². The van der Waals surface area contributed by atoms with Gasteiger partial charge in [-0.05, 0) is 56.4 Å². The van der Waals surface area contributed by atoms with Crippen LogP contribution in [0.4, 0.5) is 5.95 Å². The first-order valence-electron chi connectivity index (χ1n) is 11.3. The molecule has 0 saturated carbocycles. The van der Waals surface area contributed by atoms with Crippen molar-refractivity contribution in [3.05, 3.63) is 59.9 Å². The summed E-state index contributed by atoms with van der Waals surface area (Å²) in [6, 6.07) is 16.3. The number of nitrogens with zero attached hydrogens (tertiary/aromatic N) is 4. The standard InChI is InChI=1S/C25H28Cl3N5/c1-3-33-14-12-18(13-15-33)16-29-24-31-22(30-23(32-24)25(26,27)28)21-7-5-4-6-20(21)19-10-8-17(2)9-11-19/h4-11,18H,3,12-16H2,1-2H3,(H,29,30,31,32). The van der Waals surface area contributed by atoms with Gasteiger partial charge in [0, 0.05) is 12.1 Å². The smallest absolute Gasteiger partial charge is 0.250 e. The molecule has 33 heavy (non-hydrogen) atoms. The third-order valence-electron chi connectivity index (χ3n) is 6.12. The third kappa shape index (κ3) is 6.15. The van der Waals surface area contributed by atoms with Crippen molar-refractivity contribution in [2.24, 2.45) is 5.92 Å². The molecule has 174 valence electrons. The van der Waals surface area contributed by atoms with Crippen LogP contribution in [0, 0.1) is 12.8 Å². The summed E-state index contributed by atoms with van der Waals surface area (Å²) >= 11 is 18.6. The van der Waals surface area contributed by atoms with Gasteiger partial charge in [-0.25, -0.2) is 4.98 Å². The zero-order valence-electron chi connectivity index (χ0n) is 18.9. The van der Waals surface area contributed by atoms with Crippen LogP contribution in [-0.2, 0) is 3.79 Å². The highest BCUT2D eigenvalue weighted by Gasteiger charge is 2.29. The molecule has 0 bridgehead atoms. The zero-order chi connectivity index (χ0) is 23.4. The summed E-state index contributed by atoms with van der Waals surface area (Å²) < 4.78 is -1.75. The number of hydrogen-bond donors (Lipinski definition) is 1. The van der Waals surface area contributed by atoms with Crippen molar-refractivity contribution in [3.63, 3.8) is 0 Å². The van der Waals surface area contributed by atoms with Crippen molar-refractivity contribution in [3.8, 4) is 22.5 Å². The van der Waals surface area contributed by atoms with E-state index in [4.69, 9.17) is 39.8 Å². The molecule has 0 radical (unpaired) electrons. The molecule has 0 aliphatic carbocycles. The maximum Gasteiger partial charge on any atom is 0.250 e. The maximum atomic E-state index is 6.19. The quantitative estimate of drug-likeness (QED) is 0.389. The highest BCUT2D eigenvalue weighted by molar-refractivity contribution is 6.66. The number of halogens is 3. The second kappa shape index (κ2) is 10.6. The Balaban J connectivity index is 1.65. The summed E-state index contributed by atoms with van der Waals surface area (Å²) in [6.07, 6.45) is 2.29. The first-order chi connectivity index (χ1) is 15.8. The molecule has 5 nitrogen and oxygen atoms in total. The average Bonchev–Trinajstić information content (AvgIpc) is 2.83. The van der Waals surface area contributed by atoms with Gasteiger partial charge in [0.05, 0.1) is 0 Å². The lowest BCUT2D eigenvalue weighted by molar-refractivity contribution is 0.198. The van der Waals surface area contributed by atoms with Crippen molar-refractivity contribution in [1.29, 1.82) is 0 Å². The van der Waals surface area contributed by atoms with E-state index in [-0.39, 0.29) is 5.82 Å². The first-order valence-corrected chi connectivity index (χ1v) is 12.4. The molecule has 1 saturated heterocycles. The lowest BCUT2D eigenvalue weighted by Gasteiger charge is -2.31. The van der Waals surface area contributed by atoms with Gasteiger partial charge in [0.1, 0.15) is 0 Å². The van der Waals surface area contributed by atoms with Crippen LogP contribution >= 0.6 is 34.8 Å². The maximum absolute atomic E-state index is 6.19. The second-order valence-corrected chi connectivity index (χ2v) is 10.8. The summed E-state index contributed by atoms with van der Waals surface area (Å²) in [7, 11) is 0. The molecule has 8 heteroatoms. The minimum atomic E-state index is -1.75. The number of likely N-dealkylation sites (tertiary alicyclic amines) is 1. The van der Waals surface area contributed by atoms with Crippen molar-refractivity contribution in [2.45, 2.75) is 30.5 Å². The zero-order valence-corrected chi connectivity index (χ0v) is 21.1. The number of nitrogens with one attached hydrogen (secondary N) is 1. The molecule has 3 aromatic rings. The number of aromatic nitrogens is 3. The van der Waals surface area contributed by atoms with Gasteiger partial charge in [-0.15, -0.1) is 0 Å². The van der Waals surface area contributed by atoms with Crippen molar-refractivity contribution < 1.29 is 0 Å². The monoisotopic (exact) mass is 503 g/mol. The largest absolute Gasteiger partial charge is 0.354 e. The average molecular weight is 505 g/mol. The molecule has 1 aliphatic rings. The van der Waals surface area contributed by atoms with Crippen molar-refractivity contribution >= 4 is 40.8 Å². The molecule has 0 amide bonds. The Bertz CT molecular complexity index is 1070. The fourth-order valence-corrected chi connectivity index (χ4v) is 4.36. The Morgan fingerprint density at radius 2 is 1.61 bits per heavy atom. The van der Waals surface area contributed by atoms with Gasteiger partial charge in [-0.2, -0.15) is 9.97 Å². The molecule has 2 aromatic carbocycles. The van der Waals surface area contributed by atoms with E-state index in [9.17, 15) is 0 Å². The highest BCUT2D eigenvalue weighted by Crippen LogP contribution is 2.38. The third-order valence-corrected chi connectivity index (χ3v) is 6.63. The van der Waals surface area contributed by atoms with Gasteiger partial charge in [0.25, 0.3) is 0 Å². The van der Waals surface area contributed by atoms with Crippen LogP contribution < -0.4 is 5.32 Å². The van der Waals surface area contributed by atoms with E-state index in [0.29, 0.717) is 17.7 Å². The number of benzene rings is 2. The van der Waals surface area contributed by atoms with Crippen LogP contribution in [-0.4, -0.2) is 46.0 Å². The molecule has 1 N–H and O–H groups in total. The molecule has 1 aromatic heterocycles. The number of piperidine rings is 1. The molecule has 1 fully saturated rings. The Morgan fingerprint density at radius 1 is 0.939 bits per heavy atom. The summed E-state index contributed by atoms with van der Waals surface area (Å²) in [5, 5.41) is 3.38. The molecule has 0 unspecified atom stereocenters. The Kier molecular flexibility index (Phi) is 7.75. The summed E-state index contributed by atoms with van der Waals surface area (Å²) in [5.74, 6) is 1.58. The predicted molar refractivity (Wildman–Crippen MR) is 138 cm³/mol. The second-order valence-electron chi connectivity index (χ2n) is 8.47. The Labute approximate surface area is 210 Å². The topological polar surface area (TPSA) is 53.9 Å². The number of hydrogen-bond acceptors (Lipinski definition) is 5. The fraction of sp³-hybridized carbons (Fsp3) is 0.400. The van der Waals surface area contributed by atoms with Crippen molar-refractivity contribution in [2.75, 3.05) is 31.5 Å². The number of rotatable bonds is 6. The number of aryl methyl sites for hydroxylation is 1. The lowest BCUT2D eigenvalue weighted by Crippen LogP contribution is -2.35. The van der Waals surface area contributed by atoms with E-state index >= 15 is 0 Å². The predicted octanol–water partition coefficient (Wildman–Crippen LogP) is 6.48. The van der Waals surface area contributed by atoms with Crippen molar-refractivity contribution in [1.82, 2.24) is 19.9 Å². The van der Waals surface area contributed by atoms with Crippen LogP contribution in [0.5, 0.6) is 0 Å². The van der Waals surface area contributed by atoms with E-state index in [1.807, 2.05) is 24.3 Å². The van der Waals surface area contributed by atoms with E-state index < -0.39 is 3.79 Å². The fourth-order valence-electron chi connectivity index (χ4n) is 4.11. The summed E-state index contributed by atoms with van der Waals surface area (Å²) in [4.78, 5) is 16.1. The lowest BCUT2D eigenvalue weighted by atomic mass is 9.97. The summed E-state index contributed by atoms with van der Waals surface area (Å²) in [6.45, 7) is 8.39. The minimum absolute atomic E-state index is 0.111. The van der Waals surface area contributed by atoms with Gasteiger partial charge in [0.2, 0.25) is 9.74 Å². The minimum Gasteiger partial charge on any atom is -0.354 e. The van der Waals surface area contributed by atoms with Crippen LogP contribution in [0.15, 0.2) is 48.5 Å². The van der Waals surface area contributed by atoms with Gasteiger partial charge in [-0.3, -0.25) is 0 Å². The van der Waals surface area contributed by atoms with Crippen LogP contribution in [0.1, 0.15) is 31.2 Å². The molecular weight excluding hydrogens is 477 g/mol. The van der Waals surface area contributed by atoms with Gasteiger partial charge in [0.15, 0.2) is 11.6 Å². The SMILES string of the molecule is CCN1CCC(CNc2nc(-c3ccccc3-c3ccc(C)cc3)nc(C(Cl)(Cl)Cl)n2)CC1. The van der Waals surface area contributed by atoms with E-state index in [0.717, 1.165) is 55.7 Å². The Morgan fingerprint density at radius 3 is 2.24 bits per heavy atom. The molecule has 4 rings (SSSR count). The van der Waals surface area contributed by atoms with E-state index in [2.05, 4.69) is 58.3 Å². The first kappa shape index (κ1) is 24.2. The molecule has 0 atom stereocenters. The van der Waals surface area contributed by atoms with Crippen LogP contribution in [0.25, 0.3) is 22.5 Å². The molecule has 2 heterocycles. The molecule has 0 spiro atoms. The van der Waals surface area contributed by atoms with Gasteiger partial charge < -0.3 is 10.2 Å². The number of anilines is 1.